The van der Waals surface area contributed by atoms with Gasteiger partial charge in [-0.15, -0.1) is 0 Å². The van der Waals surface area contributed by atoms with Gasteiger partial charge in [-0.1, -0.05) is 0 Å². The molecule has 0 saturated carbocycles. The van der Waals surface area contributed by atoms with Crippen molar-refractivity contribution in [3.05, 3.63) is 23.8 Å². The maximum atomic E-state index is 11.6. The summed E-state index contributed by atoms with van der Waals surface area (Å²) < 4.78 is 10.2. The molecule has 0 saturated heterocycles. The highest BCUT2D eigenvalue weighted by Crippen LogP contribution is 2.24. The Morgan fingerprint density at radius 1 is 1.35 bits per heavy atom. The minimum Gasteiger partial charge on any atom is -0.508 e. The first-order chi connectivity index (χ1) is 7.84. The zero-order chi connectivity index (χ0) is 13.1. The summed E-state index contributed by atoms with van der Waals surface area (Å²) in [5, 5.41) is 9.60. The molecule has 94 valence electrons. The smallest absolute Gasteiger partial charge is 0.311 e. The minimum absolute atomic E-state index is 0.0408. The van der Waals surface area contributed by atoms with Gasteiger partial charge in [0.25, 0.3) is 0 Å². The Labute approximate surface area is 101 Å². The third-order valence-electron chi connectivity index (χ3n) is 2.26. The van der Waals surface area contributed by atoms with Crippen molar-refractivity contribution in [3.8, 4) is 11.5 Å². The van der Waals surface area contributed by atoms with Gasteiger partial charge in [-0.3, -0.25) is 4.79 Å². The average Bonchev–Trinajstić information content (AvgIpc) is 2.26. The van der Waals surface area contributed by atoms with Crippen LogP contribution in [0, 0.1) is 5.41 Å². The Hall–Kier alpha value is -1.71. The van der Waals surface area contributed by atoms with Crippen LogP contribution in [0.25, 0.3) is 0 Å². The van der Waals surface area contributed by atoms with Crippen LogP contribution in [0.3, 0.4) is 0 Å². The van der Waals surface area contributed by atoms with E-state index in [-0.39, 0.29) is 18.3 Å². The van der Waals surface area contributed by atoms with Crippen molar-refractivity contribution in [1.82, 2.24) is 0 Å². The number of benzene rings is 1. The summed E-state index contributed by atoms with van der Waals surface area (Å²) in [6.45, 7) is 5.38. The first kappa shape index (κ1) is 13.4. The predicted molar refractivity (Wildman–Crippen MR) is 63.9 cm³/mol. The van der Waals surface area contributed by atoms with Crippen molar-refractivity contribution < 1.29 is 19.4 Å². The molecule has 1 aromatic rings. The maximum Gasteiger partial charge on any atom is 0.311 e. The molecule has 0 unspecified atom stereocenters. The fraction of sp³-hybridized carbons (Fsp3) is 0.462. The summed E-state index contributed by atoms with van der Waals surface area (Å²) in [6.07, 6.45) is 0. The second kappa shape index (κ2) is 5.08. The van der Waals surface area contributed by atoms with Gasteiger partial charge in [0.05, 0.1) is 12.5 Å². The predicted octanol–water partition coefficient (Wildman–Crippen LogP) is 2.49. The summed E-state index contributed by atoms with van der Waals surface area (Å²) >= 11 is 0. The number of phenolic OH excluding ortho intramolecular Hbond substituents is 1. The van der Waals surface area contributed by atoms with Crippen molar-refractivity contribution in [2.24, 2.45) is 5.41 Å². The molecule has 0 spiro atoms. The van der Waals surface area contributed by atoms with E-state index in [2.05, 4.69) is 0 Å². The standard InChI is InChI=1S/C13H18O4/c1-13(2,3)12(15)17-8-9-7-10(16-4)5-6-11(9)14/h5-7,14H,8H2,1-4H3. The van der Waals surface area contributed by atoms with E-state index in [0.29, 0.717) is 11.3 Å². The largest absolute Gasteiger partial charge is 0.508 e. The topological polar surface area (TPSA) is 55.8 Å². The monoisotopic (exact) mass is 238 g/mol. The van der Waals surface area contributed by atoms with Crippen molar-refractivity contribution in [2.45, 2.75) is 27.4 Å². The molecule has 0 aliphatic rings. The van der Waals surface area contributed by atoms with Crippen LogP contribution in [-0.4, -0.2) is 18.2 Å². The quantitative estimate of drug-likeness (QED) is 0.822. The maximum absolute atomic E-state index is 11.6. The molecule has 4 heteroatoms. The first-order valence-corrected chi connectivity index (χ1v) is 5.37. The summed E-state index contributed by atoms with van der Waals surface area (Å²) in [6, 6.07) is 4.80. The van der Waals surface area contributed by atoms with Crippen molar-refractivity contribution in [1.29, 1.82) is 0 Å². The molecular weight excluding hydrogens is 220 g/mol. The van der Waals surface area contributed by atoms with Crippen molar-refractivity contribution >= 4 is 5.97 Å². The highest BCUT2D eigenvalue weighted by Gasteiger charge is 2.23. The Morgan fingerprint density at radius 3 is 2.53 bits per heavy atom. The highest BCUT2D eigenvalue weighted by atomic mass is 16.5. The van der Waals surface area contributed by atoms with Crippen LogP contribution in [0.5, 0.6) is 11.5 Å². The van der Waals surface area contributed by atoms with Crippen LogP contribution in [0.4, 0.5) is 0 Å². The molecule has 0 bridgehead atoms. The Kier molecular flexibility index (Phi) is 3.99. The lowest BCUT2D eigenvalue weighted by atomic mass is 9.97. The van der Waals surface area contributed by atoms with Crippen LogP contribution < -0.4 is 4.74 Å². The van der Waals surface area contributed by atoms with Gasteiger partial charge in [0.15, 0.2) is 0 Å². The molecule has 0 amide bonds. The molecule has 0 radical (unpaired) electrons. The lowest BCUT2D eigenvalue weighted by Gasteiger charge is -2.17. The molecule has 4 nitrogen and oxygen atoms in total. The van der Waals surface area contributed by atoms with Gasteiger partial charge < -0.3 is 14.6 Å². The van der Waals surface area contributed by atoms with E-state index in [0.717, 1.165) is 0 Å². The molecule has 0 atom stereocenters. The van der Waals surface area contributed by atoms with Crippen molar-refractivity contribution in [3.63, 3.8) is 0 Å². The van der Waals surface area contributed by atoms with Crippen LogP contribution >= 0.6 is 0 Å². The molecule has 0 heterocycles. The number of carbonyl (C=O) groups is 1. The molecular formula is C13H18O4. The Bertz CT molecular complexity index is 404. The van der Waals surface area contributed by atoms with Crippen LogP contribution in [0.15, 0.2) is 18.2 Å². The number of rotatable bonds is 3. The molecule has 17 heavy (non-hydrogen) atoms. The van der Waals surface area contributed by atoms with E-state index < -0.39 is 5.41 Å². The van der Waals surface area contributed by atoms with Crippen LogP contribution in [0.2, 0.25) is 0 Å². The third-order valence-corrected chi connectivity index (χ3v) is 2.26. The number of aromatic hydroxyl groups is 1. The van der Waals surface area contributed by atoms with Gasteiger partial charge in [0.2, 0.25) is 0 Å². The van der Waals surface area contributed by atoms with Gasteiger partial charge >= 0.3 is 5.97 Å². The minimum atomic E-state index is -0.547. The summed E-state index contributed by atoms with van der Waals surface area (Å²) in [7, 11) is 1.54. The number of esters is 1. The van der Waals surface area contributed by atoms with E-state index in [1.54, 1.807) is 32.9 Å². The second-order valence-electron chi connectivity index (χ2n) is 4.82. The SMILES string of the molecule is COc1ccc(O)c(COC(=O)C(C)(C)C)c1. The molecule has 1 aromatic carbocycles. The molecule has 0 aliphatic carbocycles. The number of hydrogen-bond donors (Lipinski definition) is 1. The number of methoxy groups -OCH3 is 1. The van der Waals surface area contributed by atoms with Gasteiger partial charge in [-0.25, -0.2) is 0 Å². The normalized spacial score (nSPS) is 11.1. The number of carbonyl (C=O) groups excluding carboxylic acids is 1. The zero-order valence-corrected chi connectivity index (χ0v) is 10.6. The van der Waals surface area contributed by atoms with E-state index >= 15 is 0 Å². The number of phenols is 1. The number of ether oxygens (including phenoxy) is 2. The van der Waals surface area contributed by atoms with E-state index in [1.165, 1.54) is 13.2 Å². The van der Waals surface area contributed by atoms with Crippen LogP contribution in [-0.2, 0) is 16.1 Å². The highest BCUT2D eigenvalue weighted by molar-refractivity contribution is 5.75. The lowest BCUT2D eigenvalue weighted by molar-refractivity contribution is -0.154. The number of hydrogen-bond acceptors (Lipinski definition) is 4. The second-order valence-corrected chi connectivity index (χ2v) is 4.82. The lowest BCUT2D eigenvalue weighted by Crippen LogP contribution is -2.22. The first-order valence-electron chi connectivity index (χ1n) is 5.37. The molecule has 0 aromatic heterocycles. The summed E-state index contributed by atoms with van der Waals surface area (Å²) in [5.41, 5.74) is -0.0176. The van der Waals surface area contributed by atoms with Gasteiger partial charge in [-0.2, -0.15) is 0 Å². The van der Waals surface area contributed by atoms with Gasteiger partial charge in [-0.05, 0) is 39.0 Å². The molecule has 0 fully saturated rings. The van der Waals surface area contributed by atoms with Crippen LogP contribution in [0.1, 0.15) is 26.3 Å². The third kappa shape index (κ3) is 3.66. The summed E-state index contributed by atoms with van der Waals surface area (Å²) in [4.78, 5) is 11.6. The van der Waals surface area contributed by atoms with Gasteiger partial charge in [0, 0.05) is 5.56 Å². The Morgan fingerprint density at radius 2 is 2.00 bits per heavy atom. The molecule has 1 rings (SSSR count). The average molecular weight is 238 g/mol. The van der Waals surface area contributed by atoms with E-state index in [4.69, 9.17) is 9.47 Å². The Balaban J connectivity index is 2.72. The molecule has 1 N–H and O–H groups in total. The summed E-state index contributed by atoms with van der Waals surface area (Å²) in [5.74, 6) is 0.400. The van der Waals surface area contributed by atoms with Crippen molar-refractivity contribution in [2.75, 3.05) is 7.11 Å². The fourth-order valence-electron chi connectivity index (χ4n) is 1.16. The zero-order valence-electron chi connectivity index (χ0n) is 10.6. The van der Waals surface area contributed by atoms with E-state index in [1.807, 2.05) is 0 Å². The van der Waals surface area contributed by atoms with Gasteiger partial charge in [0.1, 0.15) is 18.1 Å². The fourth-order valence-corrected chi connectivity index (χ4v) is 1.16. The van der Waals surface area contributed by atoms with E-state index in [9.17, 15) is 9.90 Å². The molecule has 0 aliphatic heterocycles.